The largest absolute Gasteiger partial charge is 0.317 e. The van der Waals surface area contributed by atoms with Crippen LogP contribution in [0.5, 0.6) is 0 Å². The molecule has 0 saturated heterocycles. The Morgan fingerprint density at radius 1 is 0.842 bits per heavy atom. The summed E-state index contributed by atoms with van der Waals surface area (Å²) in [5.41, 5.74) is 0. The molecule has 3 nitrogen and oxygen atoms in total. The van der Waals surface area contributed by atoms with Gasteiger partial charge in [0.15, 0.2) is 8.24 Å². The van der Waals surface area contributed by atoms with Gasteiger partial charge in [0, 0.05) is 0 Å². The molecule has 0 radical (unpaired) electrons. The molecule has 0 aromatic carbocycles. The molecule has 0 N–H and O–H groups in total. The molecule has 1 atom stereocenters. The predicted octanol–water partition coefficient (Wildman–Crippen LogP) is 3.08. The molecule has 0 aliphatic heterocycles. The lowest BCUT2D eigenvalue weighted by atomic mass is 10.3. The Morgan fingerprint density at radius 3 is 1.42 bits per heavy atom. The van der Waals surface area contributed by atoms with Gasteiger partial charge in [0.05, 0.1) is 5.79 Å². The molecule has 0 saturated carbocycles. The summed E-state index contributed by atoms with van der Waals surface area (Å²) in [6.07, 6.45) is 0. The van der Waals surface area contributed by atoms with E-state index in [1.165, 1.54) is 0 Å². The van der Waals surface area contributed by atoms with Crippen molar-refractivity contribution in [2.75, 3.05) is 27.2 Å². The lowest BCUT2D eigenvalue weighted by Crippen LogP contribution is -2.70. The molecular formula is C15H37N3Si. The SMILES string of the molecule is CCN(CC)C(N(C)C)[Si](C)(C)N(C(C)C)C(C)C. The predicted molar refractivity (Wildman–Crippen MR) is 90.0 cm³/mol. The zero-order chi connectivity index (χ0) is 15.4. The van der Waals surface area contributed by atoms with Gasteiger partial charge in [-0.1, -0.05) is 54.6 Å². The molecule has 0 bridgehead atoms. The van der Waals surface area contributed by atoms with Crippen LogP contribution in [0, 0.1) is 0 Å². The van der Waals surface area contributed by atoms with Crippen molar-refractivity contribution in [3.8, 4) is 0 Å². The quantitative estimate of drug-likeness (QED) is 0.502. The lowest BCUT2D eigenvalue weighted by molar-refractivity contribution is 0.126. The summed E-state index contributed by atoms with van der Waals surface area (Å²) in [5, 5.41) is 0. The first kappa shape index (κ1) is 19.1. The summed E-state index contributed by atoms with van der Waals surface area (Å²) in [4.78, 5) is 5.04. The second-order valence-electron chi connectivity index (χ2n) is 6.81. The van der Waals surface area contributed by atoms with Gasteiger partial charge in [-0.3, -0.25) is 9.80 Å². The Labute approximate surface area is 123 Å². The Bertz CT molecular complexity index is 240. The maximum Gasteiger partial charge on any atom is 0.157 e. The average Bonchev–Trinajstić information content (AvgIpc) is 2.22. The molecule has 4 heteroatoms. The zero-order valence-corrected chi connectivity index (χ0v) is 16.0. The summed E-state index contributed by atoms with van der Waals surface area (Å²) in [6.45, 7) is 21.2. The van der Waals surface area contributed by atoms with Crippen molar-refractivity contribution >= 4 is 8.24 Å². The van der Waals surface area contributed by atoms with Gasteiger partial charge in [-0.15, -0.1) is 0 Å². The first-order valence-electron chi connectivity index (χ1n) is 7.80. The minimum Gasteiger partial charge on any atom is -0.317 e. The zero-order valence-electron chi connectivity index (χ0n) is 15.0. The van der Waals surface area contributed by atoms with Crippen molar-refractivity contribution in [2.24, 2.45) is 0 Å². The Kier molecular flexibility index (Phi) is 7.81. The smallest absolute Gasteiger partial charge is 0.157 e. The summed E-state index contributed by atoms with van der Waals surface area (Å²) in [5.74, 6) is 0.562. The van der Waals surface area contributed by atoms with E-state index in [-0.39, 0.29) is 0 Å². The van der Waals surface area contributed by atoms with Crippen LogP contribution in [0.25, 0.3) is 0 Å². The van der Waals surface area contributed by atoms with Crippen LogP contribution in [0.4, 0.5) is 0 Å². The van der Waals surface area contributed by atoms with Crippen molar-refractivity contribution in [3.63, 3.8) is 0 Å². The van der Waals surface area contributed by atoms with Gasteiger partial charge in [0.2, 0.25) is 0 Å². The number of rotatable bonds is 8. The third-order valence-corrected chi connectivity index (χ3v) is 8.57. The van der Waals surface area contributed by atoms with E-state index in [0.29, 0.717) is 17.9 Å². The fourth-order valence-corrected chi connectivity index (χ4v) is 9.49. The Balaban J connectivity index is 5.49. The second kappa shape index (κ2) is 7.77. The highest BCUT2D eigenvalue weighted by molar-refractivity contribution is 6.76. The van der Waals surface area contributed by atoms with Crippen LogP contribution in [0.15, 0.2) is 0 Å². The van der Waals surface area contributed by atoms with Gasteiger partial charge in [-0.2, -0.15) is 0 Å². The lowest BCUT2D eigenvalue weighted by Gasteiger charge is -2.52. The highest BCUT2D eigenvalue weighted by Gasteiger charge is 2.43. The van der Waals surface area contributed by atoms with Gasteiger partial charge < -0.3 is 4.57 Å². The monoisotopic (exact) mass is 287 g/mol. The van der Waals surface area contributed by atoms with Crippen LogP contribution in [0.2, 0.25) is 13.1 Å². The summed E-state index contributed by atoms with van der Waals surface area (Å²) < 4.78 is 2.77. The molecule has 0 spiro atoms. The van der Waals surface area contributed by atoms with E-state index in [9.17, 15) is 0 Å². The average molecular weight is 288 g/mol. The minimum atomic E-state index is -1.57. The van der Waals surface area contributed by atoms with E-state index >= 15 is 0 Å². The van der Waals surface area contributed by atoms with Crippen LogP contribution < -0.4 is 0 Å². The maximum absolute atomic E-state index is 2.77. The number of nitrogens with zero attached hydrogens (tertiary/aromatic N) is 3. The Morgan fingerprint density at radius 2 is 1.21 bits per heavy atom. The van der Waals surface area contributed by atoms with E-state index in [1.54, 1.807) is 0 Å². The van der Waals surface area contributed by atoms with Crippen molar-refractivity contribution in [2.45, 2.75) is 72.5 Å². The molecule has 1 unspecified atom stereocenters. The van der Waals surface area contributed by atoms with Crippen LogP contribution in [0.3, 0.4) is 0 Å². The fraction of sp³-hybridized carbons (Fsp3) is 1.00. The van der Waals surface area contributed by atoms with Crippen LogP contribution in [0.1, 0.15) is 41.5 Å². The highest BCUT2D eigenvalue weighted by Crippen LogP contribution is 2.25. The molecule has 0 aromatic rings. The van der Waals surface area contributed by atoms with E-state index in [2.05, 4.69) is 83.1 Å². The molecular weight excluding hydrogens is 250 g/mol. The molecule has 0 heterocycles. The second-order valence-corrected chi connectivity index (χ2v) is 11.1. The van der Waals surface area contributed by atoms with Gasteiger partial charge in [-0.05, 0) is 39.3 Å². The third kappa shape index (κ3) is 4.55. The van der Waals surface area contributed by atoms with Crippen LogP contribution in [-0.2, 0) is 0 Å². The molecule has 0 amide bonds. The minimum absolute atomic E-state index is 0.562. The molecule has 0 aromatic heterocycles. The molecule has 116 valence electrons. The summed E-state index contributed by atoms with van der Waals surface area (Å²) in [6, 6.07) is 1.22. The number of hydrogen-bond donors (Lipinski definition) is 0. The Hall–Kier alpha value is 0.0969. The fourth-order valence-electron chi connectivity index (χ4n) is 4.04. The van der Waals surface area contributed by atoms with E-state index < -0.39 is 8.24 Å². The van der Waals surface area contributed by atoms with Gasteiger partial charge in [0.25, 0.3) is 0 Å². The summed E-state index contributed by atoms with van der Waals surface area (Å²) >= 11 is 0. The maximum atomic E-state index is 2.77. The first-order chi connectivity index (χ1) is 8.61. The third-order valence-electron chi connectivity index (χ3n) is 4.06. The van der Waals surface area contributed by atoms with Gasteiger partial charge in [0.1, 0.15) is 0 Å². The molecule has 19 heavy (non-hydrogen) atoms. The topological polar surface area (TPSA) is 9.72 Å². The molecule has 0 aliphatic carbocycles. The first-order valence-corrected chi connectivity index (χ1v) is 10.8. The van der Waals surface area contributed by atoms with Crippen LogP contribution in [-0.4, -0.2) is 67.7 Å². The summed E-state index contributed by atoms with van der Waals surface area (Å²) in [7, 11) is 2.89. The van der Waals surface area contributed by atoms with Gasteiger partial charge in [-0.25, -0.2) is 0 Å². The normalized spacial score (nSPS) is 15.3. The highest BCUT2D eigenvalue weighted by atomic mass is 28.3. The van der Waals surface area contributed by atoms with Crippen molar-refractivity contribution < 1.29 is 0 Å². The number of hydrogen-bond acceptors (Lipinski definition) is 3. The van der Waals surface area contributed by atoms with Crippen LogP contribution >= 0.6 is 0 Å². The molecule has 0 fully saturated rings. The standard InChI is InChI=1S/C15H37N3Si/c1-11-17(12-2)15(16(7)8)19(9,10)18(13(3)4)14(5)6/h13-15H,11-12H2,1-10H3. The van der Waals surface area contributed by atoms with Gasteiger partial charge >= 0.3 is 0 Å². The van der Waals surface area contributed by atoms with E-state index in [0.717, 1.165) is 13.1 Å². The van der Waals surface area contributed by atoms with E-state index in [1.807, 2.05) is 0 Å². The molecule has 0 rings (SSSR count). The van der Waals surface area contributed by atoms with Crippen molar-refractivity contribution in [1.29, 1.82) is 0 Å². The van der Waals surface area contributed by atoms with Crippen molar-refractivity contribution in [1.82, 2.24) is 14.4 Å². The van der Waals surface area contributed by atoms with Crippen molar-refractivity contribution in [3.05, 3.63) is 0 Å². The van der Waals surface area contributed by atoms with E-state index in [4.69, 9.17) is 0 Å². The molecule has 0 aliphatic rings.